The highest BCUT2D eigenvalue weighted by atomic mass is 35.5. The van der Waals surface area contributed by atoms with Gasteiger partial charge < -0.3 is 14.2 Å². The van der Waals surface area contributed by atoms with Crippen LogP contribution in [-0.2, 0) is 9.53 Å². The van der Waals surface area contributed by atoms with Crippen LogP contribution >= 0.6 is 23.2 Å². The van der Waals surface area contributed by atoms with Crippen LogP contribution in [0.15, 0.2) is 47.1 Å². The average molecular weight is 362 g/mol. The topological polar surface area (TPSA) is 57.1 Å². The monoisotopic (exact) mass is 361 g/mol. The highest BCUT2D eigenvalue weighted by Crippen LogP contribution is 2.34. The number of halogens is 2. The van der Waals surface area contributed by atoms with E-state index >= 15 is 0 Å². The molecule has 0 unspecified atom stereocenters. The SMILES string of the molecule is O=C1OC(c2ccc3c(c2)OCO3)=N/C1=C\c1c(Cl)cccc1Cl. The third-order valence-electron chi connectivity index (χ3n) is 3.52. The third kappa shape index (κ3) is 2.62. The quantitative estimate of drug-likeness (QED) is 0.597. The molecule has 0 N–H and O–H groups in total. The highest BCUT2D eigenvalue weighted by Gasteiger charge is 2.26. The van der Waals surface area contributed by atoms with E-state index < -0.39 is 5.97 Å². The molecule has 0 aliphatic carbocycles. The van der Waals surface area contributed by atoms with Crippen molar-refractivity contribution in [2.75, 3.05) is 6.79 Å². The van der Waals surface area contributed by atoms with Gasteiger partial charge in [0, 0.05) is 21.2 Å². The van der Waals surface area contributed by atoms with Gasteiger partial charge in [0.05, 0.1) is 0 Å². The maximum absolute atomic E-state index is 12.1. The number of carbonyl (C=O) groups is 1. The lowest BCUT2D eigenvalue weighted by atomic mass is 10.2. The van der Waals surface area contributed by atoms with E-state index in [-0.39, 0.29) is 18.4 Å². The van der Waals surface area contributed by atoms with Gasteiger partial charge in [-0.2, -0.15) is 0 Å². The number of aliphatic imine (C=N–C) groups is 1. The van der Waals surface area contributed by atoms with Gasteiger partial charge >= 0.3 is 5.97 Å². The van der Waals surface area contributed by atoms with Crippen molar-refractivity contribution in [1.82, 2.24) is 0 Å². The molecule has 0 radical (unpaired) electrons. The zero-order chi connectivity index (χ0) is 16.7. The highest BCUT2D eigenvalue weighted by molar-refractivity contribution is 6.37. The molecule has 2 aromatic rings. The van der Waals surface area contributed by atoms with Crippen molar-refractivity contribution in [2.24, 2.45) is 4.99 Å². The normalized spacial score (nSPS) is 17.2. The van der Waals surface area contributed by atoms with Crippen LogP contribution in [0.5, 0.6) is 11.5 Å². The molecule has 2 aliphatic rings. The smallest absolute Gasteiger partial charge is 0.363 e. The molecule has 0 saturated carbocycles. The molecular formula is C17H9Cl2NO4. The van der Waals surface area contributed by atoms with Gasteiger partial charge in [0.25, 0.3) is 0 Å². The molecule has 2 aliphatic heterocycles. The van der Waals surface area contributed by atoms with Crippen LogP contribution in [-0.4, -0.2) is 18.7 Å². The molecule has 0 spiro atoms. The van der Waals surface area contributed by atoms with Crippen LogP contribution in [0, 0.1) is 0 Å². The van der Waals surface area contributed by atoms with Gasteiger partial charge in [-0.05, 0) is 36.4 Å². The number of ether oxygens (including phenoxy) is 3. The van der Waals surface area contributed by atoms with Crippen molar-refractivity contribution >= 4 is 41.1 Å². The van der Waals surface area contributed by atoms with E-state index in [1.165, 1.54) is 6.08 Å². The van der Waals surface area contributed by atoms with E-state index in [0.717, 1.165) is 0 Å². The lowest BCUT2D eigenvalue weighted by Gasteiger charge is -2.01. The first kappa shape index (κ1) is 15.1. The fourth-order valence-electron chi connectivity index (χ4n) is 2.35. The number of carbonyl (C=O) groups excluding carboxylic acids is 1. The van der Waals surface area contributed by atoms with Crippen molar-refractivity contribution in [3.63, 3.8) is 0 Å². The molecule has 4 rings (SSSR count). The minimum atomic E-state index is -0.571. The predicted molar refractivity (Wildman–Crippen MR) is 89.6 cm³/mol. The van der Waals surface area contributed by atoms with E-state index in [9.17, 15) is 4.79 Å². The van der Waals surface area contributed by atoms with Crippen LogP contribution in [0.1, 0.15) is 11.1 Å². The summed E-state index contributed by atoms with van der Waals surface area (Å²) in [4.78, 5) is 16.3. The van der Waals surface area contributed by atoms with Crippen LogP contribution in [0.3, 0.4) is 0 Å². The Labute approximate surface area is 147 Å². The fraction of sp³-hybridized carbons (Fsp3) is 0.0588. The lowest BCUT2D eigenvalue weighted by molar-refractivity contribution is -0.129. The van der Waals surface area contributed by atoms with Crippen LogP contribution in [0.4, 0.5) is 0 Å². The van der Waals surface area contributed by atoms with E-state index in [1.807, 2.05) is 0 Å². The Morgan fingerprint density at radius 3 is 2.58 bits per heavy atom. The number of nitrogens with zero attached hydrogens (tertiary/aromatic N) is 1. The van der Waals surface area contributed by atoms with Gasteiger partial charge in [-0.15, -0.1) is 0 Å². The molecule has 0 atom stereocenters. The van der Waals surface area contributed by atoms with E-state index in [4.69, 9.17) is 37.4 Å². The Balaban J connectivity index is 1.71. The van der Waals surface area contributed by atoms with Crippen molar-refractivity contribution in [2.45, 2.75) is 0 Å². The van der Waals surface area contributed by atoms with Gasteiger partial charge in [-0.3, -0.25) is 0 Å². The van der Waals surface area contributed by atoms with Gasteiger partial charge in [-0.25, -0.2) is 9.79 Å². The summed E-state index contributed by atoms with van der Waals surface area (Å²) in [6, 6.07) is 10.3. The fourth-order valence-corrected chi connectivity index (χ4v) is 2.85. The van der Waals surface area contributed by atoms with Gasteiger partial charge in [0.15, 0.2) is 17.2 Å². The Kier molecular flexibility index (Phi) is 3.67. The number of hydrogen-bond acceptors (Lipinski definition) is 5. The molecule has 0 bridgehead atoms. The van der Waals surface area contributed by atoms with E-state index in [1.54, 1.807) is 36.4 Å². The zero-order valence-corrected chi connectivity index (χ0v) is 13.6. The van der Waals surface area contributed by atoms with Crippen LogP contribution in [0.2, 0.25) is 10.0 Å². The first-order chi connectivity index (χ1) is 11.6. The Morgan fingerprint density at radius 1 is 1.04 bits per heavy atom. The number of hydrogen-bond donors (Lipinski definition) is 0. The minimum absolute atomic E-state index is 0.123. The average Bonchev–Trinajstić information content (AvgIpc) is 3.17. The zero-order valence-electron chi connectivity index (χ0n) is 12.1. The summed E-state index contributed by atoms with van der Waals surface area (Å²) >= 11 is 12.2. The summed E-state index contributed by atoms with van der Waals surface area (Å²) in [5.41, 5.74) is 1.25. The second-order valence-corrected chi connectivity index (χ2v) is 5.85. The van der Waals surface area contributed by atoms with Crippen molar-refractivity contribution in [3.05, 3.63) is 63.3 Å². The molecule has 0 saturated heterocycles. The molecular weight excluding hydrogens is 353 g/mol. The lowest BCUT2D eigenvalue weighted by Crippen LogP contribution is -2.05. The van der Waals surface area contributed by atoms with Crippen molar-refractivity contribution < 1.29 is 19.0 Å². The molecule has 0 amide bonds. The molecule has 5 nitrogen and oxygen atoms in total. The molecule has 120 valence electrons. The summed E-state index contributed by atoms with van der Waals surface area (Å²) in [6.45, 7) is 0.168. The van der Waals surface area contributed by atoms with E-state index in [0.29, 0.717) is 32.7 Å². The Morgan fingerprint density at radius 2 is 1.79 bits per heavy atom. The maximum atomic E-state index is 12.1. The van der Waals surface area contributed by atoms with Crippen LogP contribution < -0.4 is 9.47 Å². The number of fused-ring (bicyclic) bond motifs is 1. The second kappa shape index (κ2) is 5.85. The van der Waals surface area contributed by atoms with Crippen LogP contribution in [0.25, 0.3) is 6.08 Å². The molecule has 24 heavy (non-hydrogen) atoms. The van der Waals surface area contributed by atoms with Gasteiger partial charge in [0.2, 0.25) is 12.7 Å². The molecule has 2 heterocycles. The largest absolute Gasteiger partial charge is 0.454 e. The van der Waals surface area contributed by atoms with Gasteiger partial charge in [-0.1, -0.05) is 29.3 Å². The predicted octanol–water partition coefficient (Wildman–Crippen LogP) is 4.07. The molecule has 0 aromatic heterocycles. The molecule has 0 fully saturated rings. The number of rotatable bonds is 2. The molecule has 7 heteroatoms. The summed E-state index contributed by atoms with van der Waals surface area (Å²) in [7, 11) is 0. The second-order valence-electron chi connectivity index (χ2n) is 5.04. The maximum Gasteiger partial charge on any atom is 0.363 e. The summed E-state index contributed by atoms with van der Waals surface area (Å²) in [5.74, 6) is 0.839. The summed E-state index contributed by atoms with van der Waals surface area (Å²) < 4.78 is 15.8. The van der Waals surface area contributed by atoms with Crippen molar-refractivity contribution in [1.29, 1.82) is 0 Å². The van der Waals surface area contributed by atoms with Crippen molar-refractivity contribution in [3.8, 4) is 11.5 Å². The number of esters is 1. The third-order valence-corrected chi connectivity index (χ3v) is 4.18. The minimum Gasteiger partial charge on any atom is -0.454 e. The number of benzene rings is 2. The molecule has 2 aromatic carbocycles. The first-order valence-corrected chi connectivity index (χ1v) is 7.74. The Bertz CT molecular complexity index is 901. The standard InChI is InChI=1S/C17H9Cl2NO4/c18-11-2-1-3-12(19)10(11)7-13-17(21)24-16(20-13)9-4-5-14-15(6-9)23-8-22-14/h1-7H,8H2/b13-7-. The number of cyclic esters (lactones) is 1. The first-order valence-electron chi connectivity index (χ1n) is 6.98. The van der Waals surface area contributed by atoms with E-state index in [2.05, 4.69) is 4.99 Å². The summed E-state index contributed by atoms with van der Waals surface area (Å²) in [5, 5.41) is 0.851. The summed E-state index contributed by atoms with van der Waals surface area (Å²) in [6.07, 6.45) is 1.51. The van der Waals surface area contributed by atoms with Gasteiger partial charge in [0.1, 0.15) is 0 Å². The Hall–Kier alpha value is -2.50.